The summed E-state index contributed by atoms with van der Waals surface area (Å²) in [7, 11) is 0. The Balaban J connectivity index is 1.04. The molecular weight excluding hydrogens is 492 g/mol. The van der Waals surface area contributed by atoms with E-state index in [1.54, 1.807) is 24.8 Å². The lowest BCUT2D eigenvalue weighted by molar-refractivity contribution is 0.0915. The first-order valence-corrected chi connectivity index (χ1v) is 14.6. The van der Waals surface area contributed by atoms with Crippen molar-refractivity contribution in [2.75, 3.05) is 26.2 Å². The van der Waals surface area contributed by atoms with Gasteiger partial charge in [0.1, 0.15) is 11.6 Å². The average molecular weight is 529 g/mol. The number of hydrogen-bond acceptors (Lipinski definition) is 6. The molecule has 6 rings (SSSR count). The normalized spacial score (nSPS) is 18.0. The summed E-state index contributed by atoms with van der Waals surface area (Å²) in [5.74, 6) is 1.57. The third-order valence-electron chi connectivity index (χ3n) is 8.40. The van der Waals surface area contributed by atoms with Crippen molar-refractivity contribution < 1.29 is 4.79 Å². The monoisotopic (exact) mass is 528 g/mol. The van der Waals surface area contributed by atoms with E-state index in [2.05, 4.69) is 59.4 Å². The first-order chi connectivity index (χ1) is 18.6. The van der Waals surface area contributed by atoms with Gasteiger partial charge in [0.15, 0.2) is 5.78 Å². The molecule has 2 saturated heterocycles. The number of hydrogen-bond donors (Lipinski definition) is 2. The molecule has 3 aromatic heterocycles. The van der Waals surface area contributed by atoms with Crippen molar-refractivity contribution in [2.24, 2.45) is 11.3 Å². The number of rotatable bonds is 10. The van der Waals surface area contributed by atoms with E-state index < -0.39 is 0 Å². The maximum absolute atomic E-state index is 13.5. The number of likely N-dealkylation sites (tertiary alicyclic amines) is 2. The van der Waals surface area contributed by atoms with E-state index >= 15 is 0 Å². The van der Waals surface area contributed by atoms with E-state index in [1.807, 2.05) is 23.5 Å². The Labute approximate surface area is 228 Å². The summed E-state index contributed by atoms with van der Waals surface area (Å²) in [5, 5.41) is 2.18. The van der Waals surface area contributed by atoms with Crippen molar-refractivity contribution in [2.45, 2.75) is 45.2 Å². The fourth-order valence-electron chi connectivity index (χ4n) is 6.19. The summed E-state index contributed by atoms with van der Waals surface area (Å²) in [6.45, 7) is 6.83. The van der Waals surface area contributed by atoms with Gasteiger partial charge in [-0.25, -0.2) is 9.97 Å². The molecule has 0 aliphatic carbocycles. The molecule has 0 saturated carbocycles. The summed E-state index contributed by atoms with van der Waals surface area (Å²) in [4.78, 5) is 35.2. The number of carbonyl (C=O) groups excluding carboxylic acids is 1. The minimum atomic E-state index is -0.220. The maximum atomic E-state index is 13.5. The van der Waals surface area contributed by atoms with Crippen LogP contribution in [0.15, 0.2) is 66.6 Å². The first-order valence-electron chi connectivity index (χ1n) is 13.7. The number of nitrogens with one attached hydrogen (secondary N) is 2. The molecule has 7 nitrogen and oxygen atoms in total. The van der Waals surface area contributed by atoms with Crippen molar-refractivity contribution in [1.82, 2.24) is 29.7 Å². The highest BCUT2D eigenvalue weighted by Crippen LogP contribution is 2.41. The third kappa shape index (κ3) is 5.98. The summed E-state index contributed by atoms with van der Waals surface area (Å²) in [6, 6.07) is 12.7. The Morgan fingerprint density at radius 2 is 1.55 bits per heavy atom. The van der Waals surface area contributed by atoms with Crippen molar-refractivity contribution in [3.8, 4) is 0 Å². The molecule has 0 amide bonds. The van der Waals surface area contributed by atoms with E-state index in [4.69, 9.17) is 0 Å². The average Bonchev–Trinajstić information content (AvgIpc) is 3.76. The van der Waals surface area contributed by atoms with Crippen LogP contribution in [0.4, 0.5) is 0 Å². The molecule has 1 spiro atoms. The van der Waals surface area contributed by atoms with E-state index in [1.165, 1.54) is 55.9 Å². The molecule has 2 aliphatic rings. The third-order valence-corrected chi connectivity index (χ3v) is 9.26. The predicted octanol–water partition coefficient (Wildman–Crippen LogP) is 4.97. The number of thiophene rings is 1. The molecule has 0 bridgehead atoms. The van der Waals surface area contributed by atoms with Crippen LogP contribution >= 0.6 is 11.3 Å². The highest BCUT2D eigenvalue weighted by Gasteiger charge is 2.40. The molecule has 2 N–H and O–H groups in total. The molecule has 5 heterocycles. The fraction of sp³-hybridized carbons (Fsp3) is 0.433. The molecule has 1 aromatic carbocycles. The fourth-order valence-corrected chi connectivity index (χ4v) is 6.94. The van der Waals surface area contributed by atoms with E-state index in [0.29, 0.717) is 18.3 Å². The number of nitrogens with zero attached hydrogens (tertiary/aromatic N) is 4. The van der Waals surface area contributed by atoms with Gasteiger partial charge in [0.25, 0.3) is 0 Å². The molecule has 4 aromatic rings. The number of Topliss-reactive ketones (excluding diaryl/α,β-unsaturated/α-hetero) is 1. The molecule has 2 aliphatic heterocycles. The zero-order chi connectivity index (χ0) is 25.8. The summed E-state index contributed by atoms with van der Waals surface area (Å²) >= 11 is 1.87. The number of aromatic nitrogens is 4. The van der Waals surface area contributed by atoms with Crippen molar-refractivity contribution >= 4 is 17.1 Å². The molecular formula is C30H36N6OS. The van der Waals surface area contributed by atoms with Crippen LogP contribution in [-0.2, 0) is 25.9 Å². The van der Waals surface area contributed by atoms with E-state index in [-0.39, 0.29) is 11.7 Å². The van der Waals surface area contributed by atoms with Crippen LogP contribution in [0.1, 0.15) is 51.7 Å². The van der Waals surface area contributed by atoms with Gasteiger partial charge in [-0.15, -0.1) is 11.3 Å². The van der Waals surface area contributed by atoms with Crippen molar-refractivity contribution in [3.63, 3.8) is 0 Å². The number of aromatic amines is 2. The molecule has 0 unspecified atom stereocenters. The van der Waals surface area contributed by atoms with Gasteiger partial charge < -0.3 is 9.97 Å². The SMILES string of the molecule is O=C(c1ccc(CN2CCC3(CCN(Cc4cccs4)CC3)C2)cc1)C(Cc1ncc[nH]1)Cc1ncc[nH]1. The van der Waals surface area contributed by atoms with E-state index in [0.717, 1.165) is 30.3 Å². The second kappa shape index (κ2) is 11.4. The van der Waals surface area contributed by atoms with Crippen molar-refractivity contribution in [1.29, 1.82) is 0 Å². The van der Waals surface area contributed by atoms with Gasteiger partial charge in [-0.1, -0.05) is 30.3 Å². The number of imidazole rings is 2. The van der Waals surface area contributed by atoms with E-state index in [9.17, 15) is 4.79 Å². The standard InChI is InChI=1S/C30H36N6OS/c37-29(25(18-27-31-10-11-32-27)19-28-33-12-13-34-28)24-5-3-23(4-6-24)20-36-16-9-30(22-36)7-14-35(15-8-30)21-26-2-1-17-38-26/h1-6,10-13,17,25H,7-9,14-16,18-22H2,(H,31,32)(H,33,34). The second-order valence-corrected chi connectivity index (χ2v) is 12.1. The topological polar surface area (TPSA) is 80.9 Å². The largest absolute Gasteiger partial charge is 0.349 e. The van der Waals surface area contributed by atoms with Gasteiger partial charge in [0, 0.05) is 73.6 Å². The highest BCUT2D eigenvalue weighted by molar-refractivity contribution is 7.09. The number of ketones is 1. The Morgan fingerprint density at radius 1 is 0.895 bits per heavy atom. The first kappa shape index (κ1) is 25.2. The number of carbonyl (C=O) groups is 1. The quantitative estimate of drug-likeness (QED) is 0.284. The zero-order valence-corrected chi connectivity index (χ0v) is 22.6. The molecule has 198 valence electrons. The van der Waals surface area contributed by atoms with Crippen LogP contribution in [-0.4, -0.2) is 61.7 Å². The number of piperidine rings is 1. The number of H-pyrrole nitrogens is 2. The molecule has 0 atom stereocenters. The smallest absolute Gasteiger partial charge is 0.166 e. The lowest BCUT2D eigenvalue weighted by atomic mass is 9.78. The maximum Gasteiger partial charge on any atom is 0.166 e. The lowest BCUT2D eigenvalue weighted by Gasteiger charge is -2.39. The Kier molecular flexibility index (Phi) is 7.53. The summed E-state index contributed by atoms with van der Waals surface area (Å²) < 4.78 is 0. The van der Waals surface area contributed by atoms with Gasteiger partial charge in [0.05, 0.1) is 0 Å². The predicted molar refractivity (Wildman–Crippen MR) is 150 cm³/mol. The minimum Gasteiger partial charge on any atom is -0.349 e. The van der Waals surface area contributed by atoms with Crippen molar-refractivity contribution in [3.05, 3.63) is 94.2 Å². The van der Waals surface area contributed by atoms with Gasteiger partial charge in [-0.05, 0) is 61.3 Å². The summed E-state index contributed by atoms with van der Waals surface area (Å²) in [6.07, 6.45) is 12.1. The molecule has 38 heavy (non-hydrogen) atoms. The molecule has 8 heteroatoms. The van der Waals surface area contributed by atoms with Crippen LogP contribution in [0.3, 0.4) is 0 Å². The minimum absolute atomic E-state index is 0.138. The van der Waals surface area contributed by atoms with Crippen LogP contribution in [0.5, 0.6) is 0 Å². The Hall–Kier alpha value is -3.07. The Morgan fingerprint density at radius 3 is 2.13 bits per heavy atom. The molecule has 0 radical (unpaired) electrons. The van der Waals surface area contributed by atoms with Gasteiger partial charge in [0.2, 0.25) is 0 Å². The number of benzene rings is 1. The second-order valence-electron chi connectivity index (χ2n) is 11.1. The van der Waals surface area contributed by atoms with Crippen LogP contribution in [0.2, 0.25) is 0 Å². The zero-order valence-electron chi connectivity index (χ0n) is 21.8. The Bertz CT molecular complexity index is 1240. The van der Waals surface area contributed by atoms with Gasteiger partial charge in [-0.2, -0.15) is 0 Å². The van der Waals surface area contributed by atoms with Crippen LogP contribution in [0, 0.1) is 11.3 Å². The van der Waals surface area contributed by atoms with Gasteiger partial charge in [-0.3, -0.25) is 14.6 Å². The van der Waals surface area contributed by atoms with Crippen LogP contribution in [0.25, 0.3) is 0 Å². The lowest BCUT2D eigenvalue weighted by Crippen LogP contribution is -2.41. The van der Waals surface area contributed by atoms with Crippen LogP contribution < -0.4 is 0 Å². The summed E-state index contributed by atoms with van der Waals surface area (Å²) in [5.41, 5.74) is 2.52. The highest BCUT2D eigenvalue weighted by atomic mass is 32.1. The molecule has 2 fully saturated rings. The van der Waals surface area contributed by atoms with Gasteiger partial charge >= 0.3 is 0 Å².